The second-order valence-electron chi connectivity index (χ2n) is 6.02. The van der Waals surface area contributed by atoms with E-state index >= 15 is 0 Å². The molecule has 26 heavy (non-hydrogen) atoms. The van der Waals surface area contributed by atoms with Crippen LogP contribution in [-0.2, 0) is 9.59 Å². The lowest BCUT2D eigenvalue weighted by molar-refractivity contribution is -0.119. The number of hydrogen-bond donors (Lipinski definition) is 1. The lowest BCUT2D eigenvalue weighted by atomic mass is 9.99. The zero-order chi connectivity index (χ0) is 18.8. The summed E-state index contributed by atoms with van der Waals surface area (Å²) in [6.07, 6.45) is 0. The highest BCUT2D eigenvalue weighted by Crippen LogP contribution is 2.39. The number of halogens is 1. The van der Waals surface area contributed by atoms with Crippen molar-refractivity contribution in [2.24, 2.45) is 0 Å². The van der Waals surface area contributed by atoms with Crippen molar-refractivity contribution < 1.29 is 19.1 Å². The van der Waals surface area contributed by atoms with Crippen molar-refractivity contribution in [2.45, 2.75) is 13.8 Å². The van der Waals surface area contributed by atoms with E-state index in [9.17, 15) is 14.0 Å². The molecule has 0 spiro atoms. The van der Waals surface area contributed by atoms with E-state index in [1.165, 1.54) is 24.3 Å². The van der Waals surface area contributed by atoms with E-state index in [4.69, 9.17) is 5.11 Å². The molecular formula is C20H18FNO3S. The zero-order valence-electron chi connectivity index (χ0n) is 14.5. The molecule has 2 aromatic rings. The highest BCUT2D eigenvalue weighted by molar-refractivity contribution is 8.04. The number of anilines is 1. The first-order valence-electron chi connectivity index (χ1n) is 8.14. The van der Waals surface area contributed by atoms with Crippen molar-refractivity contribution in [3.05, 3.63) is 69.9 Å². The number of thioether (sulfide) groups is 1. The standard InChI is InChI=1S/C20H18FNO3S/c1-12-3-8-16(13(2)11-12)17-18(26-10-9-23)20(25)22(19(17)24)15-6-4-14(21)5-7-15/h3-8,11,23H,9-10H2,1-2H3. The molecule has 0 saturated carbocycles. The summed E-state index contributed by atoms with van der Waals surface area (Å²) >= 11 is 1.16. The fraction of sp³-hybridized carbons (Fsp3) is 0.200. The molecule has 3 rings (SSSR count). The van der Waals surface area contributed by atoms with Crippen molar-refractivity contribution >= 4 is 34.8 Å². The number of hydrogen-bond acceptors (Lipinski definition) is 4. The molecule has 6 heteroatoms. The van der Waals surface area contributed by atoms with Gasteiger partial charge < -0.3 is 5.11 Å². The van der Waals surface area contributed by atoms with Gasteiger partial charge in [-0.3, -0.25) is 9.59 Å². The number of amides is 2. The highest BCUT2D eigenvalue weighted by Gasteiger charge is 2.40. The fourth-order valence-corrected chi connectivity index (χ4v) is 3.80. The Morgan fingerprint density at radius 3 is 2.35 bits per heavy atom. The summed E-state index contributed by atoms with van der Waals surface area (Å²) in [5, 5.41) is 9.15. The van der Waals surface area contributed by atoms with Crippen LogP contribution in [0.2, 0.25) is 0 Å². The molecule has 1 aliphatic rings. The highest BCUT2D eigenvalue weighted by atomic mass is 32.2. The van der Waals surface area contributed by atoms with Crippen LogP contribution in [0.25, 0.3) is 5.57 Å². The molecule has 0 atom stereocenters. The Labute approximate surface area is 155 Å². The molecule has 2 amide bonds. The van der Waals surface area contributed by atoms with E-state index in [1.54, 1.807) is 0 Å². The molecule has 0 bridgehead atoms. The van der Waals surface area contributed by atoms with E-state index in [-0.39, 0.29) is 6.61 Å². The van der Waals surface area contributed by atoms with Gasteiger partial charge in [0.15, 0.2) is 0 Å². The van der Waals surface area contributed by atoms with Gasteiger partial charge in [-0.05, 0) is 49.2 Å². The summed E-state index contributed by atoms with van der Waals surface area (Å²) in [5.74, 6) is -1.02. The first-order chi connectivity index (χ1) is 12.4. The monoisotopic (exact) mass is 371 g/mol. The largest absolute Gasteiger partial charge is 0.396 e. The molecule has 0 radical (unpaired) electrons. The van der Waals surface area contributed by atoms with E-state index < -0.39 is 17.6 Å². The SMILES string of the molecule is Cc1ccc(C2=C(SCCO)C(=O)N(c3ccc(F)cc3)C2=O)c(C)c1. The Morgan fingerprint density at radius 1 is 1.04 bits per heavy atom. The third-order valence-corrected chi connectivity index (χ3v) is 5.17. The third kappa shape index (κ3) is 3.30. The second-order valence-corrected chi connectivity index (χ2v) is 7.12. The maximum absolute atomic E-state index is 13.2. The lowest BCUT2D eigenvalue weighted by Crippen LogP contribution is -2.31. The molecule has 0 saturated heterocycles. The fourth-order valence-electron chi connectivity index (χ4n) is 2.95. The lowest BCUT2D eigenvalue weighted by Gasteiger charge is -2.15. The second kappa shape index (κ2) is 7.43. The van der Waals surface area contributed by atoms with Gasteiger partial charge >= 0.3 is 0 Å². The summed E-state index contributed by atoms with van der Waals surface area (Å²) in [6, 6.07) is 10.9. The summed E-state index contributed by atoms with van der Waals surface area (Å²) in [6.45, 7) is 3.74. The van der Waals surface area contributed by atoms with Gasteiger partial charge in [0.25, 0.3) is 11.8 Å². The maximum atomic E-state index is 13.2. The number of aliphatic hydroxyl groups is 1. The molecule has 0 aromatic heterocycles. The molecule has 0 unspecified atom stereocenters. The van der Waals surface area contributed by atoms with E-state index in [1.807, 2.05) is 32.0 Å². The van der Waals surface area contributed by atoms with Gasteiger partial charge in [-0.1, -0.05) is 23.8 Å². The molecule has 2 aromatic carbocycles. The summed E-state index contributed by atoms with van der Waals surface area (Å²) in [7, 11) is 0. The van der Waals surface area contributed by atoms with Crippen molar-refractivity contribution in [2.75, 3.05) is 17.3 Å². The number of benzene rings is 2. The molecule has 1 aliphatic heterocycles. The first kappa shape index (κ1) is 18.4. The molecule has 1 heterocycles. The van der Waals surface area contributed by atoms with Crippen LogP contribution in [-0.4, -0.2) is 29.3 Å². The van der Waals surface area contributed by atoms with Crippen molar-refractivity contribution in [1.29, 1.82) is 0 Å². The van der Waals surface area contributed by atoms with Crippen LogP contribution >= 0.6 is 11.8 Å². The van der Waals surface area contributed by atoms with Crippen LogP contribution in [0.4, 0.5) is 10.1 Å². The number of carbonyl (C=O) groups excluding carboxylic acids is 2. The van der Waals surface area contributed by atoms with Gasteiger partial charge in [0, 0.05) is 5.75 Å². The average Bonchev–Trinajstić information content (AvgIpc) is 2.84. The van der Waals surface area contributed by atoms with E-state index in [2.05, 4.69) is 0 Å². The van der Waals surface area contributed by atoms with Crippen LogP contribution in [0, 0.1) is 19.7 Å². The first-order valence-corrected chi connectivity index (χ1v) is 9.12. The number of carbonyl (C=O) groups is 2. The molecule has 1 N–H and O–H groups in total. The summed E-state index contributed by atoms with van der Waals surface area (Å²) in [4.78, 5) is 27.4. The summed E-state index contributed by atoms with van der Waals surface area (Å²) < 4.78 is 13.2. The van der Waals surface area contributed by atoms with Gasteiger partial charge in [-0.2, -0.15) is 0 Å². The quantitative estimate of drug-likeness (QED) is 0.818. The van der Waals surface area contributed by atoms with Crippen LogP contribution in [0.5, 0.6) is 0 Å². The van der Waals surface area contributed by atoms with Crippen LogP contribution in [0.1, 0.15) is 16.7 Å². The zero-order valence-corrected chi connectivity index (χ0v) is 15.3. The Hall–Kier alpha value is -2.44. The van der Waals surface area contributed by atoms with E-state index in [0.717, 1.165) is 27.8 Å². The number of aryl methyl sites for hydroxylation is 2. The molecular weight excluding hydrogens is 353 g/mol. The predicted molar refractivity (Wildman–Crippen MR) is 101 cm³/mol. The van der Waals surface area contributed by atoms with E-state index in [0.29, 0.717) is 27.5 Å². The molecule has 0 fully saturated rings. The van der Waals surface area contributed by atoms with Gasteiger partial charge in [0.05, 0.1) is 22.8 Å². The minimum Gasteiger partial charge on any atom is -0.396 e. The Kier molecular flexibility index (Phi) is 5.25. The topological polar surface area (TPSA) is 57.6 Å². The minimum absolute atomic E-state index is 0.105. The minimum atomic E-state index is -0.449. The van der Waals surface area contributed by atoms with Gasteiger partial charge in [0.1, 0.15) is 5.82 Å². The van der Waals surface area contributed by atoms with Crippen LogP contribution in [0.15, 0.2) is 47.4 Å². The summed E-state index contributed by atoms with van der Waals surface area (Å²) in [5.41, 5.74) is 3.30. The number of imide groups is 1. The Balaban J connectivity index is 2.10. The Morgan fingerprint density at radius 2 is 1.73 bits per heavy atom. The maximum Gasteiger partial charge on any atom is 0.272 e. The van der Waals surface area contributed by atoms with Crippen LogP contribution < -0.4 is 4.90 Å². The van der Waals surface area contributed by atoms with Gasteiger partial charge in [-0.25, -0.2) is 9.29 Å². The average molecular weight is 371 g/mol. The number of rotatable bonds is 5. The van der Waals surface area contributed by atoms with Gasteiger partial charge in [-0.15, -0.1) is 11.8 Å². The smallest absolute Gasteiger partial charge is 0.272 e. The normalized spacial score (nSPS) is 14.5. The molecule has 0 aliphatic carbocycles. The Bertz CT molecular complexity index is 906. The number of nitrogens with zero attached hydrogens (tertiary/aromatic N) is 1. The van der Waals surface area contributed by atoms with Gasteiger partial charge in [0.2, 0.25) is 0 Å². The van der Waals surface area contributed by atoms with Crippen molar-refractivity contribution in [3.63, 3.8) is 0 Å². The van der Waals surface area contributed by atoms with Crippen LogP contribution in [0.3, 0.4) is 0 Å². The number of aliphatic hydroxyl groups excluding tert-OH is 1. The van der Waals surface area contributed by atoms with Crippen molar-refractivity contribution in [1.82, 2.24) is 0 Å². The third-order valence-electron chi connectivity index (χ3n) is 4.12. The van der Waals surface area contributed by atoms with Crippen molar-refractivity contribution in [3.8, 4) is 0 Å². The molecule has 134 valence electrons. The predicted octanol–water partition coefficient (Wildman–Crippen LogP) is 3.45. The molecule has 4 nitrogen and oxygen atoms in total.